The number of para-hydroxylation sites is 2. The average Bonchev–Trinajstić information content (AvgIpc) is 3.85. The SMILES string of the molecule is Cc1cc(-n2c3ccccc3c3c2ccc2c4ccccc4n(-c4cc(C)c(C(=O)c5cccc(-c6ccccc6)c5)c(C)c4)c23)cc(C)c1C(=O)c1cccc(-c2ccccc2)c1. The van der Waals surface area contributed by atoms with Crippen molar-refractivity contribution >= 4 is 55.2 Å². The number of hydrogen-bond donors (Lipinski definition) is 0. The number of ketones is 2. The second kappa shape index (κ2) is 15.4. The molecule has 11 rings (SSSR count). The fourth-order valence-corrected chi connectivity index (χ4v) is 10.1. The van der Waals surface area contributed by atoms with Gasteiger partial charge in [-0.3, -0.25) is 9.59 Å². The fourth-order valence-electron chi connectivity index (χ4n) is 10.1. The number of aromatic nitrogens is 2. The van der Waals surface area contributed by atoms with Crippen LogP contribution in [0, 0.1) is 27.7 Å². The van der Waals surface area contributed by atoms with Crippen molar-refractivity contribution in [2.75, 3.05) is 0 Å². The van der Waals surface area contributed by atoms with E-state index in [0.29, 0.717) is 11.1 Å². The van der Waals surface area contributed by atoms with E-state index in [1.807, 2.05) is 86.6 Å². The molecule has 306 valence electrons. The van der Waals surface area contributed by atoms with Gasteiger partial charge in [-0.25, -0.2) is 0 Å². The number of hydrogen-bond acceptors (Lipinski definition) is 2. The van der Waals surface area contributed by atoms with Crippen LogP contribution < -0.4 is 0 Å². The van der Waals surface area contributed by atoms with Crippen molar-refractivity contribution in [2.45, 2.75) is 27.7 Å². The first kappa shape index (κ1) is 38.8. The molecule has 2 heterocycles. The van der Waals surface area contributed by atoms with E-state index >= 15 is 0 Å². The van der Waals surface area contributed by atoms with Gasteiger partial charge >= 0.3 is 0 Å². The van der Waals surface area contributed by atoms with Crippen molar-refractivity contribution in [1.29, 1.82) is 0 Å². The molecule has 0 saturated heterocycles. The van der Waals surface area contributed by atoms with Gasteiger partial charge in [-0.1, -0.05) is 140 Å². The minimum Gasteiger partial charge on any atom is -0.309 e. The molecule has 64 heavy (non-hydrogen) atoms. The summed E-state index contributed by atoms with van der Waals surface area (Å²) in [4.78, 5) is 28.7. The monoisotopic (exact) mass is 824 g/mol. The Labute approximate surface area is 372 Å². The molecule has 9 aromatic carbocycles. The lowest BCUT2D eigenvalue weighted by atomic mass is 9.92. The third-order valence-electron chi connectivity index (χ3n) is 12.9. The van der Waals surface area contributed by atoms with Gasteiger partial charge in [0.15, 0.2) is 11.6 Å². The summed E-state index contributed by atoms with van der Waals surface area (Å²) < 4.78 is 4.73. The predicted octanol–water partition coefficient (Wildman–Crippen LogP) is 14.9. The van der Waals surface area contributed by atoms with E-state index < -0.39 is 0 Å². The number of nitrogens with zero attached hydrogens (tertiary/aromatic N) is 2. The molecular weight excluding hydrogens is 781 g/mol. The minimum absolute atomic E-state index is 0.0195. The summed E-state index contributed by atoms with van der Waals surface area (Å²) in [5, 5.41) is 4.60. The highest BCUT2D eigenvalue weighted by Crippen LogP contribution is 2.43. The normalized spacial score (nSPS) is 11.6. The lowest BCUT2D eigenvalue weighted by Gasteiger charge is -2.16. The van der Waals surface area contributed by atoms with E-state index in [1.165, 1.54) is 0 Å². The molecule has 0 bridgehead atoms. The Morgan fingerprint density at radius 3 is 1.28 bits per heavy atom. The smallest absolute Gasteiger partial charge is 0.193 e. The molecule has 0 unspecified atom stereocenters. The molecular formula is C60H44N2O2. The molecule has 4 nitrogen and oxygen atoms in total. The molecule has 0 N–H and O–H groups in total. The standard InChI is InChI=1S/C60H44N2O2/c1-37-31-47(32-38(2)55(37)59(63)45-23-15-21-43(35-45)41-17-7-5-8-18-41)61-53-28-14-12-26-51(53)57-54(61)30-29-50-49-25-11-13-27-52(49)62(58(50)57)48-33-39(3)56(40(4)34-48)60(64)46-24-16-22-44(36-46)42-19-9-6-10-20-42/h5-36H,1-4H3. The molecule has 11 aromatic rings. The van der Waals surface area contributed by atoms with Gasteiger partial charge in [0, 0.05) is 55.2 Å². The third-order valence-corrected chi connectivity index (χ3v) is 12.9. The van der Waals surface area contributed by atoms with Crippen LogP contribution in [0.15, 0.2) is 194 Å². The van der Waals surface area contributed by atoms with E-state index in [0.717, 1.165) is 111 Å². The molecule has 0 radical (unpaired) electrons. The van der Waals surface area contributed by atoms with Crippen LogP contribution in [0.1, 0.15) is 54.1 Å². The van der Waals surface area contributed by atoms with Crippen LogP contribution in [-0.2, 0) is 0 Å². The van der Waals surface area contributed by atoms with Crippen LogP contribution in [-0.4, -0.2) is 20.7 Å². The van der Waals surface area contributed by atoms with Gasteiger partial charge in [-0.15, -0.1) is 0 Å². The summed E-state index contributed by atoms with van der Waals surface area (Å²) >= 11 is 0. The van der Waals surface area contributed by atoms with Crippen molar-refractivity contribution in [2.24, 2.45) is 0 Å². The Kier molecular flexibility index (Phi) is 9.32. The van der Waals surface area contributed by atoms with Gasteiger partial charge in [0.05, 0.1) is 22.1 Å². The van der Waals surface area contributed by atoms with Gasteiger partial charge in [0.1, 0.15) is 0 Å². The third kappa shape index (κ3) is 6.29. The highest BCUT2D eigenvalue weighted by Gasteiger charge is 2.24. The first-order chi connectivity index (χ1) is 31.2. The van der Waals surface area contributed by atoms with Gasteiger partial charge < -0.3 is 9.13 Å². The summed E-state index contributed by atoms with van der Waals surface area (Å²) in [6, 6.07) is 66.6. The van der Waals surface area contributed by atoms with Crippen LogP contribution >= 0.6 is 0 Å². The Hall–Kier alpha value is -8.08. The number of fused-ring (bicyclic) bond motifs is 7. The molecule has 0 amide bonds. The Morgan fingerprint density at radius 1 is 0.344 bits per heavy atom. The van der Waals surface area contributed by atoms with E-state index in [2.05, 4.69) is 144 Å². The summed E-state index contributed by atoms with van der Waals surface area (Å²) in [5.41, 5.74) is 17.1. The van der Waals surface area contributed by atoms with Crippen LogP contribution in [0.3, 0.4) is 0 Å². The lowest BCUT2D eigenvalue weighted by Crippen LogP contribution is -2.08. The number of carbonyl (C=O) groups is 2. The number of carbonyl (C=O) groups excluding carboxylic acids is 2. The summed E-state index contributed by atoms with van der Waals surface area (Å²) in [5.74, 6) is 0.0396. The van der Waals surface area contributed by atoms with Gasteiger partial charge in [-0.2, -0.15) is 0 Å². The van der Waals surface area contributed by atoms with E-state index in [1.54, 1.807) is 0 Å². The van der Waals surface area contributed by atoms with Crippen molar-refractivity contribution in [3.05, 3.63) is 239 Å². The molecule has 0 spiro atoms. The molecule has 4 heteroatoms. The second-order valence-electron chi connectivity index (χ2n) is 17.0. The molecule has 0 aliphatic rings. The zero-order valence-corrected chi connectivity index (χ0v) is 36.2. The maximum Gasteiger partial charge on any atom is 0.193 e. The minimum atomic E-state index is 0.0195. The van der Waals surface area contributed by atoms with Gasteiger partial charge in [0.25, 0.3) is 0 Å². The quantitative estimate of drug-likeness (QED) is 0.143. The molecule has 0 saturated carbocycles. The topological polar surface area (TPSA) is 44.0 Å². The zero-order chi connectivity index (χ0) is 43.6. The van der Waals surface area contributed by atoms with E-state index in [-0.39, 0.29) is 11.6 Å². The van der Waals surface area contributed by atoms with Crippen molar-refractivity contribution in [1.82, 2.24) is 9.13 Å². The largest absolute Gasteiger partial charge is 0.309 e. The molecule has 0 atom stereocenters. The highest BCUT2D eigenvalue weighted by atomic mass is 16.1. The summed E-state index contributed by atoms with van der Waals surface area (Å²) in [6.07, 6.45) is 0. The summed E-state index contributed by atoms with van der Waals surface area (Å²) in [7, 11) is 0. The Morgan fingerprint density at radius 2 is 0.766 bits per heavy atom. The number of aryl methyl sites for hydroxylation is 4. The first-order valence-electron chi connectivity index (χ1n) is 21.8. The maximum atomic E-state index is 14.4. The average molecular weight is 825 g/mol. The van der Waals surface area contributed by atoms with Crippen LogP contribution in [0.4, 0.5) is 0 Å². The van der Waals surface area contributed by atoms with E-state index in [4.69, 9.17) is 0 Å². The predicted molar refractivity (Wildman–Crippen MR) is 265 cm³/mol. The van der Waals surface area contributed by atoms with Crippen LogP contribution in [0.5, 0.6) is 0 Å². The Balaban J connectivity index is 1.06. The maximum absolute atomic E-state index is 14.4. The van der Waals surface area contributed by atoms with Crippen molar-refractivity contribution in [3.8, 4) is 33.6 Å². The van der Waals surface area contributed by atoms with Gasteiger partial charge in [-0.05, 0) is 127 Å². The van der Waals surface area contributed by atoms with Crippen molar-refractivity contribution in [3.63, 3.8) is 0 Å². The van der Waals surface area contributed by atoms with Crippen LogP contribution in [0.2, 0.25) is 0 Å². The highest BCUT2D eigenvalue weighted by molar-refractivity contribution is 6.26. The van der Waals surface area contributed by atoms with E-state index in [9.17, 15) is 9.59 Å². The molecule has 0 fully saturated rings. The van der Waals surface area contributed by atoms with Gasteiger partial charge in [0.2, 0.25) is 0 Å². The Bertz CT molecular complexity index is 3640. The number of rotatable bonds is 8. The zero-order valence-electron chi connectivity index (χ0n) is 36.2. The molecule has 2 aromatic heterocycles. The molecule has 0 aliphatic carbocycles. The lowest BCUT2D eigenvalue weighted by molar-refractivity contribution is 0.103. The van der Waals surface area contributed by atoms with Crippen LogP contribution in [0.25, 0.3) is 77.2 Å². The summed E-state index contributed by atoms with van der Waals surface area (Å²) in [6.45, 7) is 8.21. The first-order valence-corrected chi connectivity index (χ1v) is 21.8. The molecule has 0 aliphatic heterocycles. The fraction of sp³-hybridized carbons (Fsp3) is 0.0667. The van der Waals surface area contributed by atoms with Crippen molar-refractivity contribution < 1.29 is 9.59 Å². The second-order valence-corrected chi connectivity index (χ2v) is 17.0. The number of benzene rings is 9.